The van der Waals surface area contributed by atoms with Gasteiger partial charge in [0.1, 0.15) is 6.10 Å². The average molecular weight is 318 g/mol. The normalized spacial score (nSPS) is 25.5. The summed E-state index contributed by atoms with van der Waals surface area (Å²) in [5, 5.41) is 0. The topological polar surface area (TPSA) is 32.8 Å². The molecule has 4 nitrogen and oxygen atoms in total. The summed E-state index contributed by atoms with van der Waals surface area (Å²) in [4.78, 5) is 17.0. The molecule has 0 spiro atoms. The van der Waals surface area contributed by atoms with E-state index in [1.807, 2.05) is 30.3 Å². The highest BCUT2D eigenvalue weighted by Crippen LogP contribution is 2.25. The number of ether oxygens (including phenoxy) is 1. The number of esters is 1. The van der Waals surface area contributed by atoms with E-state index in [1.54, 1.807) is 0 Å². The minimum absolute atomic E-state index is 0.0165. The van der Waals surface area contributed by atoms with Crippen molar-refractivity contribution in [1.29, 1.82) is 0 Å². The number of nitrogens with zero attached hydrogens (tertiary/aromatic N) is 2. The van der Waals surface area contributed by atoms with E-state index in [1.165, 1.54) is 6.42 Å². The van der Waals surface area contributed by atoms with Crippen molar-refractivity contribution in [3.8, 4) is 0 Å². The van der Waals surface area contributed by atoms with Gasteiger partial charge in [-0.25, -0.2) is 4.79 Å². The molecule has 4 heteroatoms. The maximum Gasteiger partial charge on any atom is 0.338 e. The van der Waals surface area contributed by atoms with Crippen molar-refractivity contribution in [2.24, 2.45) is 5.92 Å². The van der Waals surface area contributed by atoms with E-state index in [4.69, 9.17) is 4.74 Å². The van der Waals surface area contributed by atoms with E-state index >= 15 is 0 Å². The van der Waals surface area contributed by atoms with Crippen LogP contribution in [0, 0.1) is 5.92 Å². The van der Waals surface area contributed by atoms with Gasteiger partial charge in [0.25, 0.3) is 0 Å². The Balaban J connectivity index is 1.85. The number of rotatable bonds is 6. The molecule has 2 rings (SSSR count). The zero-order chi connectivity index (χ0) is 16.8. The van der Waals surface area contributed by atoms with E-state index in [0.29, 0.717) is 17.5 Å². The van der Waals surface area contributed by atoms with Gasteiger partial charge in [-0.3, -0.25) is 0 Å². The number of piperidine rings is 1. The highest BCUT2D eigenvalue weighted by molar-refractivity contribution is 5.89. The predicted molar refractivity (Wildman–Crippen MR) is 93.6 cm³/mol. The van der Waals surface area contributed by atoms with Gasteiger partial charge in [-0.2, -0.15) is 0 Å². The smallest absolute Gasteiger partial charge is 0.338 e. The van der Waals surface area contributed by atoms with Gasteiger partial charge in [0.05, 0.1) is 5.56 Å². The van der Waals surface area contributed by atoms with Crippen molar-refractivity contribution in [3.63, 3.8) is 0 Å². The zero-order valence-corrected chi connectivity index (χ0v) is 14.9. The molecule has 0 amide bonds. The lowest BCUT2D eigenvalue weighted by Crippen LogP contribution is -2.49. The van der Waals surface area contributed by atoms with Gasteiger partial charge in [-0.1, -0.05) is 25.1 Å². The predicted octanol–water partition coefficient (Wildman–Crippen LogP) is 2.89. The third-order valence-corrected chi connectivity index (χ3v) is 4.67. The van der Waals surface area contributed by atoms with Crippen molar-refractivity contribution >= 4 is 5.97 Å². The highest BCUT2D eigenvalue weighted by atomic mass is 16.5. The number of carbonyl (C=O) groups excluding carboxylic acids is 1. The van der Waals surface area contributed by atoms with Crippen molar-refractivity contribution in [2.45, 2.75) is 38.8 Å². The quantitative estimate of drug-likeness (QED) is 0.755. The molecule has 3 atom stereocenters. The Morgan fingerprint density at radius 3 is 2.61 bits per heavy atom. The largest absolute Gasteiger partial charge is 0.458 e. The maximum absolute atomic E-state index is 12.3. The SMILES string of the molecule is CC1CN(CCCN(C)C)C(C)CC1OC(=O)c1ccccc1. The lowest BCUT2D eigenvalue weighted by Gasteiger charge is -2.41. The maximum atomic E-state index is 12.3. The molecule has 3 unspecified atom stereocenters. The average Bonchev–Trinajstić information content (AvgIpc) is 2.52. The van der Waals surface area contributed by atoms with Gasteiger partial charge in [0.2, 0.25) is 0 Å². The van der Waals surface area contributed by atoms with Crippen LogP contribution in [-0.2, 0) is 4.74 Å². The molecular weight excluding hydrogens is 288 g/mol. The van der Waals surface area contributed by atoms with Crippen LogP contribution in [0.4, 0.5) is 0 Å². The first-order chi connectivity index (χ1) is 11.0. The number of hydrogen-bond donors (Lipinski definition) is 0. The summed E-state index contributed by atoms with van der Waals surface area (Å²) in [6, 6.07) is 9.74. The molecular formula is C19H30N2O2. The second kappa shape index (κ2) is 8.46. The molecule has 1 aliphatic rings. The Morgan fingerprint density at radius 1 is 1.26 bits per heavy atom. The van der Waals surface area contributed by atoms with Gasteiger partial charge in [-0.05, 0) is 59.1 Å². The van der Waals surface area contributed by atoms with Gasteiger partial charge in [-0.15, -0.1) is 0 Å². The van der Waals surface area contributed by atoms with E-state index in [-0.39, 0.29) is 12.1 Å². The van der Waals surface area contributed by atoms with Gasteiger partial charge < -0.3 is 14.5 Å². The lowest BCUT2D eigenvalue weighted by atomic mass is 9.91. The fraction of sp³-hybridized carbons (Fsp3) is 0.632. The molecule has 1 heterocycles. The standard InChI is InChI=1S/C19H30N2O2/c1-15-14-21(12-8-11-20(3)4)16(2)13-18(15)23-19(22)17-9-6-5-7-10-17/h5-7,9-10,15-16,18H,8,11-14H2,1-4H3. The molecule has 1 aliphatic heterocycles. The van der Waals surface area contributed by atoms with E-state index in [0.717, 1.165) is 26.1 Å². The van der Waals surface area contributed by atoms with Crippen LogP contribution in [0.3, 0.4) is 0 Å². The summed E-state index contributed by atoms with van der Waals surface area (Å²) < 4.78 is 5.78. The molecule has 0 aliphatic carbocycles. The van der Waals surface area contributed by atoms with Crippen molar-refractivity contribution in [1.82, 2.24) is 9.80 Å². The number of carbonyl (C=O) groups is 1. The lowest BCUT2D eigenvalue weighted by molar-refractivity contribution is -0.0259. The van der Waals surface area contributed by atoms with Crippen LogP contribution in [-0.4, -0.2) is 61.6 Å². The molecule has 0 aromatic heterocycles. The molecule has 0 saturated carbocycles. The summed E-state index contributed by atoms with van der Waals surface area (Å²) in [6.45, 7) is 7.66. The highest BCUT2D eigenvalue weighted by Gasteiger charge is 2.33. The Morgan fingerprint density at radius 2 is 1.96 bits per heavy atom. The minimum atomic E-state index is -0.198. The first-order valence-electron chi connectivity index (χ1n) is 8.62. The first-order valence-corrected chi connectivity index (χ1v) is 8.62. The number of hydrogen-bond acceptors (Lipinski definition) is 4. The Labute approximate surface area is 140 Å². The van der Waals surface area contributed by atoms with Gasteiger partial charge in [0.15, 0.2) is 0 Å². The molecule has 1 saturated heterocycles. The molecule has 1 aromatic carbocycles. The number of likely N-dealkylation sites (tertiary alicyclic amines) is 1. The van der Waals surface area contributed by atoms with Crippen LogP contribution in [0.2, 0.25) is 0 Å². The van der Waals surface area contributed by atoms with Crippen molar-refractivity contribution in [3.05, 3.63) is 35.9 Å². The second-order valence-electron chi connectivity index (χ2n) is 7.02. The van der Waals surface area contributed by atoms with Crippen LogP contribution in [0.5, 0.6) is 0 Å². The van der Waals surface area contributed by atoms with Crippen molar-refractivity contribution < 1.29 is 9.53 Å². The van der Waals surface area contributed by atoms with Gasteiger partial charge >= 0.3 is 5.97 Å². The van der Waals surface area contributed by atoms with Crippen LogP contribution < -0.4 is 0 Å². The van der Waals surface area contributed by atoms with E-state index in [9.17, 15) is 4.79 Å². The number of benzene rings is 1. The van der Waals surface area contributed by atoms with E-state index < -0.39 is 0 Å². The Bertz CT molecular complexity index is 489. The Kier molecular flexibility index (Phi) is 6.60. The third kappa shape index (κ3) is 5.33. The van der Waals surface area contributed by atoms with Crippen LogP contribution in [0.15, 0.2) is 30.3 Å². The monoisotopic (exact) mass is 318 g/mol. The van der Waals surface area contributed by atoms with Crippen molar-refractivity contribution in [2.75, 3.05) is 33.7 Å². The fourth-order valence-electron chi connectivity index (χ4n) is 3.23. The van der Waals surface area contributed by atoms with Gasteiger partial charge in [0, 0.05) is 18.5 Å². The summed E-state index contributed by atoms with van der Waals surface area (Å²) in [5.74, 6) is 0.175. The molecule has 23 heavy (non-hydrogen) atoms. The first kappa shape index (κ1) is 18.0. The van der Waals surface area contributed by atoms with Crippen LogP contribution in [0.25, 0.3) is 0 Å². The van der Waals surface area contributed by atoms with E-state index in [2.05, 4.69) is 37.7 Å². The summed E-state index contributed by atoms with van der Waals surface area (Å²) in [7, 11) is 4.22. The zero-order valence-electron chi connectivity index (χ0n) is 14.9. The molecule has 0 bridgehead atoms. The third-order valence-electron chi connectivity index (χ3n) is 4.67. The summed E-state index contributed by atoms with van der Waals surface area (Å²) in [6.07, 6.45) is 2.11. The molecule has 0 radical (unpaired) electrons. The fourth-order valence-corrected chi connectivity index (χ4v) is 3.23. The van der Waals surface area contributed by atoms with Crippen LogP contribution >= 0.6 is 0 Å². The summed E-state index contributed by atoms with van der Waals surface area (Å²) in [5.41, 5.74) is 0.640. The Hall–Kier alpha value is -1.39. The second-order valence-corrected chi connectivity index (χ2v) is 7.02. The van der Waals surface area contributed by atoms with Crippen LogP contribution in [0.1, 0.15) is 37.0 Å². The molecule has 1 fully saturated rings. The molecule has 128 valence electrons. The molecule has 0 N–H and O–H groups in total. The minimum Gasteiger partial charge on any atom is -0.458 e. The molecule has 1 aromatic rings. The summed E-state index contributed by atoms with van der Waals surface area (Å²) >= 11 is 0.